The van der Waals surface area contributed by atoms with Gasteiger partial charge in [-0.25, -0.2) is 9.67 Å². The number of aromatic nitrogens is 3. The van der Waals surface area contributed by atoms with Crippen LogP contribution in [0.15, 0.2) is 91.3 Å². The average Bonchev–Trinajstić information content (AvgIpc) is 3.30. The van der Waals surface area contributed by atoms with Gasteiger partial charge in [0.25, 0.3) is 5.91 Å². The summed E-state index contributed by atoms with van der Waals surface area (Å²) < 4.78 is 1.33. The standard InChI is InChI=1S/C25H21N5O3/c31-22(26-15-18-9-3-1-4-10-18)16-30-17-27-25(29-30)28-24(33)21-14-8-7-13-20(21)23(32)19-11-5-2-6-12-19/h1-14,17H,15-16H2,(H,26,31)(H,28,29,33). The maximum Gasteiger partial charge on any atom is 0.258 e. The molecule has 0 fully saturated rings. The maximum absolute atomic E-state index is 12.9. The van der Waals surface area contributed by atoms with Crippen molar-refractivity contribution in [2.45, 2.75) is 13.1 Å². The van der Waals surface area contributed by atoms with Crippen LogP contribution in [0, 0.1) is 0 Å². The lowest BCUT2D eigenvalue weighted by atomic mass is 9.98. The fourth-order valence-corrected chi connectivity index (χ4v) is 3.22. The zero-order valence-electron chi connectivity index (χ0n) is 17.6. The molecule has 0 spiro atoms. The quantitative estimate of drug-likeness (QED) is 0.411. The number of nitrogens with zero attached hydrogens (tertiary/aromatic N) is 3. The van der Waals surface area contributed by atoms with Crippen molar-refractivity contribution in [3.8, 4) is 0 Å². The van der Waals surface area contributed by atoms with E-state index in [1.165, 1.54) is 11.0 Å². The molecule has 0 aliphatic heterocycles. The van der Waals surface area contributed by atoms with Crippen molar-refractivity contribution in [3.63, 3.8) is 0 Å². The Kier molecular flexibility index (Phi) is 6.65. The van der Waals surface area contributed by atoms with Crippen LogP contribution >= 0.6 is 0 Å². The highest BCUT2D eigenvalue weighted by molar-refractivity contribution is 6.17. The lowest BCUT2D eigenvalue weighted by Crippen LogP contribution is -2.27. The highest BCUT2D eigenvalue weighted by atomic mass is 16.2. The van der Waals surface area contributed by atoms with E-state index in [-0.39, 0.29) is 35.3 Å². The molecule has 0 atom stereocenters. The summed E-state index contributed by atoms with van der Waals surface area (Å²) in [6.45, 7) is 0.364. The summed E-state index contributed by atoms with van der Waals surface area (Å²) in [7, 11) is 0. The molecule has 2 N–H and O–H groups in total. The zero-order chi connectivity index (χ0) is 23.0. The Morgan fingerprint density at radius 2 is 1.42 bits per heavy atom. The minimum atomic E-state index is -0.513. The summed E-state index contributed by atoms with van der Waals surface area (Å²) >= 11 is 0. The molecule has 0 saturated heterocycles. The van der Waals surface area contributed by atoms with E-state index in [1.54, 1.807) is 48.5 Å². The number of ketones is 1. The van der Waals surface area contributed by atoms with E-state index in [0.29, 0.717) is 12.1 Å². The van der Waals surface area contributed by atoms with Gasteiger partial charge in [0.05, 0.1) is 5.56 Å². The molecular weight excluding hydrogens is 418 g/mol. The molecule has 0 radical (unpaired) electrons. The molecule has 8 nitrogen and oxygen atoms in total. The normalized spacial score (nSPS) is 10.4. The van der Waals surface area contributed by atoms with Gasteiger partial charge in [0.2, 0.25) is 11.9 Å². The third kappa shape index (κ3) is 5.56. The van der Waals surface area contributed by atoms with Gasteiger partial charge in [0.15, 0.2) is 5.78 Å². The molecule has 2 amide bonds. The number of hydrogen-bond acceptors (Lipinski definition) is 5. The predicted molar refractivity (Wildman–Crippen MR) is 123 cm³/mol. The Morgan fingerprint density at radius 1 is 0.788 bits per heavy atom. The fourth-order valence-electron chi connectivity index (χ4n) is 3.22. The SMILES string of the molecule is O=C(Cn1cnc(NC(=O)c2ccccc2C(=O)c2ccccc2)n1)NCc1ccccc1. The molecule has 4 rings (SSSR count). The van der Waals surface area contributed by atoms with E-state index in [4.69, 9.17) is 0 Å². The molecule has 8 heteroatoms. The van der Waals surface area contributed by atoms with Crippen LogP contribution in [0.1, 0.15) is 31.8 Å². The van der Waals surface area contributed by atoms with Crippen LogP contribution in [0.2, 0.25) is 0 Å². The van der Waals surface area contributed by atoms with Crippen LogP contribution in [-0.4, -0.2) is 32.4 Å². The summed E-state index contributed by atoms with van der Waals surface area (Å²) in [6, 6.07) is 24.9. The lowest BCUT2D eigenvalue weighted by Gasteiger charge is -2.08. The number of carbonyl (C=O) groups is 3. The average molecular weight is 439 g/mol. The van der Waals surface area contributed by atoms with Crippen LogP contribution in [0.5, 0.6) is 0 Å². The Labute approximate surface area is 190 Å². The minimum Gasteiger partial charge on any atom is -0.350 e. The van der Waals surface area contributed by atoms with E-state index in [2.05, 4.69) is 20.7 Å². The first-order chi connectivity index (χ1) is 16.1. The molecular formula is C25H21N5O3. The highest BCUT2D eigenvalue weighted by Gasteiger charge is 2.19. The van der Waals surface area contributed by atoms with Gasteiger partial charge in [0, 0.05) is 17.7 Å². The predicted octanol–water partition coefficient (Wildman–Crippen LogP) is 3.08. The van der Waals surface area contributed by atoms with E-state index in [0.717, 1.165) is 5.56 Å². The van der Waals surface area contributed by atoms with Crippen molar-refractivity contribution in [3.05, 3.63) is 114 Å². The van der Waals surface area contributed by atoms with Crippen LogP contribution < -0.4 is 10.6 Å². The minimum absolute atomic E-state index is 0.0397. The van der Waals surface area contributed by atoms with Gasteiger partial charge in [-0.05, 0) is 11.6 Å². The van der Waals surface area contributed by atoms with Gasteiger partial charge >= 0.3 is 0 Å². The second-order valence-corrected chi connectivity index (χ2v) is 7.22. The lowest BCUT2D eigenvalue weighted by molar-refractivity contribution is -0.122. The number of rotatable bonds is 8. The van der Waals surface area contributed by atoms with E-state index in [1.807, 2.05) is 36.4 Å². The number of benzene rings is 3. The monoisotopic (exact) mass is 439 g/mol. The van der Waals surface area contributed by atoms with Crippen molar-refractivity contribution in [1.29, 1.82) is 0 Å². The second-order valence-electron chi connectivity index (χ2n) is 7.22. The van der Waals surface area contributed by atoms with Crippen molar-refractivity contribution < 1.29 is 14.4 Å². The van der Waals surface area contributed by atoms with Crippen molar-refractivity contribution in [2.24, 2.45) is 0 Å². The second kappa shape index (κ2) is 10.1. The molecule has 0 saturated carbocycles. The first-order valence-corrected chi connectivity index (χ1v) is 10.3. The third-order valence-electron chi connectivity index (χ3n) is 4.85. The van der Waals surface area contributed by atoms with Gasteiger partial charge in [-0.1, -0.05) is 78.9 Å². The van der Waals surface area contributed by atoms with Crippen molar-refractivity contribution >= 4 is 23.5 Å². The van der Waals surface area contributed by atoms with Crippen molar-refractivity contribution in [1.82, 2.24) is 20.1 Å². The van der Waals surface area contributed by atoms with Crippen LogP contribution in [-0.2, 0) is 17.9 Å². The maximum atomic E-state index is 12.9. The largest absolute Gasteiger partial charge is 0.350 e. The van der Waals surface area contributed by atoms with Crippen LogP contribution in [0.25, 0.3) is 0 Å². The van der Waals surface area contributed by atoms with Crippen LogP contribution in [0.3, 0.4) is 0 Å². The molecule has 0 bridgehead atoms. The number of anilines is 1. The van der Waals surface area contributed by atoms with E-state index >= 15 is 0 Å². The summed E-state index contributed by atoms with van der Waals surface area (Å²) in [5.41, 5.74) is 1.96. The molecule has 3 aromatic carbocycles. The fraction of sp³-hybridized carbons (Fsp3) is 0.0800. The van der Waals surface area contributed by atoms with Gasteiger partial charge in [0.1, 0.15) is 12.9 Å². The number of nitrogens with one attached hydrogen (secondary N) is 2. The van der Waals surface area contributed by atoms with Gasteiger partial charge < -0.3 is 5.32 Å². The third-order valence-corrected chi connectivity index (χ3v) is 4.85. The molecule has 0 unspecified atom stereocenters. The zero-order valence-corrected chi connectivity index (χ0v) is 17.6. The van der Waals surface area contributed by atoms with Crippen LogP contribution in [0.4, 0.5) is 5.95 Å². The summed E-state index contributed by atoms with van der Waals surface area (Å²) in [4.78, 5) is 41.9. The summed E-state index contributed by atoms with van der Waals surface area (Å²) in [6.07, 6.45) is 1.36. The molecule has 33 heavy (non-hydrogen) atoms. The molecule has 164 valence electrons. The molecule has 1 aromatic heterocycles. The Hall–Kier alpha value is -4.59. The topological polar surface area (TPSA) is 106 Å². The van der Waals surface area contributed by atoms with Gasteiger partial charge in [-0.3, -0.25) is 19.7 Å². The molecule has 0 aliphatic rings. The molecule has 1 heterocycles. The molecule has 0 aliphatic carbocycles. The summed E-state index contributed by atoms with van der Waals surface area (Å²) in [5.74, 6) is -0.964. The number of hydrogen-bond donors (Lipinski definition) is 2. The Bertz CT molecular complexity index is 1270. The van der Waals surface area contributed by atoms with Crippen molar-refractivity contribution in [2.75, 3.05) is 5.32 Å². The summed E-state index contributed by atoms with van der Waals surface area (Å²) in [5, 5.41) is 9.53. The highest BCUT2D eigenvalue weighted by Crippen LogP contribution is 2.16. The van der Waals surface area contributed by atoms with Gasteiger partial charge in [-0.2, -0.15) is 0 Å². The Balaban J connectivity index is 1.39. The number of carbonyl (C=O) groups excluding carboxylic acids is 3. The smallest absolute Gasteiger partial charge is 0.258 e. The molecule has 4 aromatic rings. The Morgan fingerprint density at radius 3 is 2.15 bits per heavy atom. The van der Waals surface area contributed by atoms with E-state index < -0.39 is 5.91 Å². The first-order valence-electron chi connectivity index (χ1n) is 10.3. The van der Waals surface area contributed by atoms with E-state index in [9.17, 15) is 14.4 Å². The number of amides is 2. The first kappa shape index (κ1) is 21.6. The van der Waals surface area contributed by atoms with Gasteiger partial charge in [-0.15, -0.1) is 5.10 Å².